The van der Waals surface area contributed by atoms with Crippen molar-refractivity contribution in [2.24, 2.45) is 17.8 Å². The molecule has 1 radical (unpaired) electrons. The van der Waals surface area contributed by atoms with E-state index >= 15 is 0 Å². The summed E-state index contributed by atoms with van der Waals surface area (Å²) in [5.74, 6) is 2.58. The molecule has 2 aliphatic heterocycles. The lowest BCUT2D eigenvalue weighted by atomic mass is 9.86. The highest BCUT2D eigenvalue weighted by atomic mass is 16.2. The van der Waals surface area contributed by atoms with Gasteiger partial charge in [-0.2, -0.15) is 0 Å². The summed E-state index contributed by atoms with van der Waals surface area (Å²) >= 11 is 0. The maximum atomic E-state index is 13.0. The van der Waals surface area contributed by atoms with Crippen molar-refractivity contribution in [2.75, 3.05) is 31.1 Å². The van der Waals surface area contributed by atoms with Gasteiger partial charge in [-0.3, -0.25) is 9.59 Å². The van der Waals surface area contributed by atoms with E-state index in [0.717, 1.165) is 50.3 Å². The van der Waals surface area contributed by atoms with E-state index < -0.39 is 0 Å². The van der Waals surface area contributed by atoms with Gasteiger partial charge in [-0.05, 0) is 72.3 Å². The van der Waals surface area contributed by atoms with Crippen LogP contribution in [0, 0.1) is 23.8 Å². The fraction of sp³-hybridized carbons (Fsp3) is 0.536. The SMILES string of the molecule is CC(C)(C)c1ccc(C(=O)N2CC3C(CNC(=O)C4CCCCN4c4cc[c]cn4)C3C2)cc1. The Balaban J connectivity index is 1.12. The van der Waals surface area contributed by atoms with E-state index in [9.17, 15) is 9.59 Å². The van der Waals surface area contributed by atoms with Crippen LogP contribution >= 0.6 is 0 Å². The zero-order valence-electron chi connectivity index (χ0n) is 20.5. The van der Waals surface area contributed by atoms with Crippen LogP contribution in [0.1, 0.15) is 56.0 Å². The van der Waals surface area contributed by atoms with Gasteiger partial charge >= 0.3 is 0 Å². The first-order valence-electron chi connectivity index (χ1n) is 12.6. The van der Waals surface area contributed by atoms with Crippen molar-refractivity contribution in [3.05, 3.63) is 59.8 Å². The Labute approximate surface area is 202 Å². The van der Waals surface area contributed by atoms with Crippen LogP contribution in [-0.2, 0) is 10.2 Å². The van der Waals surface area contributed by atoms with Crippen LogP contribution < -0.4 is 10.2 Å². The fourth-order valence-electron chi connectivity index (χ4n) is 5.71. The third-order valence-corrected chi connectivity index (χ3v) is 7.87. The minimum Gasteiger partial charge on any atom is -0.354 e. The first-order valence-corrected chi connectivity index (χ1v) is 12.6. The highest BCUT2D eigenvalue weighted by molar-refractivity contribution is 5.94. The standard InChI is InChI=1S/C28H35N4O2/c1-28(2,3)20-12-10-19(11-13-20)27(34)31-17-22-21(23(22)18-31)16-30-26(33)24-8-5-7-15-32(24)25-9-4-6-14-29-25/h4,9-14,21-24H,5,7-8,15-18H2,1-3H3,(H,30,33). The molecule has 3 aliphatic rings. The smallest absolute Gasteiger partial charge is 0.253 e. The average Bonchev–Trinajstić information content (AvgIpc) is 3.30. The summed E-state index contributed by atoms with van der Waals surface area (Å²) in [4.78, 5) is 34.5. The second kappa shape index (κ2) is 9.05. The van der Waals surface area contributed by atoms with Crippen LogP contribution in [0.25, 0.3) is 0 Å². The molecule has 1 saturated carbocycles. The molecule has 0 spiro atoms. The number of nitrogens with zero attached hydrogens (tertiary/aromatic N) is 3. The lowest BCUT2D eigenvalue weighted by molar-refractivity contribution is -0.123. The molecular weight excluding hydrogens is 424 g/mol. The average molecular weight is 460 g/mol. The van der Waals surface area contributed by atoms with Gasteiger partial charge in [0, 0.05) is 44.0 Å². The number of pyridine rings is 1. The van der Waals surface area contributed by atoms with Crippen molar-refractivity contribution < 1.29 is 9.59 Å². The second-order valence-electron chi connectivity index (χ2n) is 11.1. The quantitative estimate of drug-likeness (QED) is 0.741. The summed E-state index contributed by atoms with van der Waals surface area (Å²) < 4.78 is 0. The molecule has 3 atom stereocenters. The van der Waals surface area contributed by atoms with Crippen LogP contribution in [0.4, 0.5) is 5.82 Å². The number of carbonyl (C=O) groups is 2. The molecule has 3 unspecified atom stereocenters. The highest BCUT2D eigenvalue weighted by Gasteiger charge is 2.56. The first-order chi connectivity index (χ1) is 16.3. The number of fused-ring (bicyclic) bond motifs is 1. The van der Waals surface area contributed by atoms with Crippen LogP contribution in [-0.4, -0.2) is 53.9 Å². The largest absolute Gasteiger partial charge is 0.354 e. The summed E-state index contributed by atoms with van der Waals surface area (Å²) in [5, 5.41) is 3.22. The third kappa shape index (κ3) is 4.55. The van der Waals surface area contributed by atoms with Crippen molar-refractivity contribution in [3.63, 3.8) is 0 Å². The van der Waals surface area contributed by atoms with Gasteiger partial charge in [0.05, 0.1) is 0 Å². The van der Waals surface area contributed by atoms with Crippen molar-refractivity contribution in [1.29, 1.82) is 0 Å². The van der Waals surface area contributed by atoms with Gasteiger partial charge in [-0.1, -0.05) is 32.9 Å². The summed E-state index contributed by atoms with van der Waals surface area (Å²) in [7, 11) is 0. The summed E-state index contributed by atoms with van der Waals surface area (Å²) in [5.41, 5.74) is 2.09. The predicted molar refractivity (Wildman–Crippen MR) is 133 cm³/mol. The maximum Gasteiger partial charge on any atom is 0.253 e. The maximum absolute atomic E-state index is 13.0. The molecular formula is C28H35N4O2. The van der Waals surface area contributed by atoms with Gasteiger partial charge in [0.2, 0.25) is 5.91 Å². The van der Waals surface area contributed by atoms with E-state index in [1.807, 2.05) is 29.2 Å². The van der Waals surface area contributed by atoms with Gasteiger partial charge in [0.15, 0.2) is 0 Å². The Kier molecular flexibility index (Phi) is 6.09. The Morgan fingerprint density at radius 1 is 1.09 bits per heavy atom. The van der Waals surface area contributed by atoms with Gasteiger partial charge in [0.25, 0.3) is 5.91 Å². The molecule has 2 amide bonds. The van der Waals surface area contributed by atoms with Gasteiger partial charge in [0.1, 0.15) is 11.9 Å². The molecule has 1 aromatic carbocycles. The van der Waals surface area contributed by atoms with Crippen molar-refractivity contribution in [2.45, 2.75) is 51.5 Å². The van der Waals surface area contributed by atoms with Gasteiger partial charge in [-0.15, -0.1) is 0 Å². The lowest BCUT2D eigenvalue weighted by Crippen LogP contribution is -2.50. The summed E-state index contributed by atoms with van der Waals surface area (Å²) in [6.07, 6.45) is 4.67. The number of nitrogens with one attached hydrogen (secondary N) is 1. The van der Waals surface area contributed by atoms with Gasteiger partial charge < -0.3 is 15.1 Å². The minimum absolute atomic E-state index is 0.0827. The number of likely N-dealkylation sites (tertiary alicyclic amines) is 1. The fourth-order valence-corrected chi connectivity index (χ4v) is 5.71. The van der Waals surface area contributed by atoms with Crippen LogP contribution in [0.15, 0.2) is 42.6 Å². The Bertz CT molecular complexity index is 1020. The number of carbonyl (C=O) groups excluding carboxylic acids is 2. The molecule has 1 aromatic heterocycles. The monoisotopic (exact) mass is 459 g/mol. The van der Waals surface area contributed by atoms with E-state index in [0.29, 0.717) is 24.3 Å². The molecule has 34 heavy (non-hydrogen) atoms. The number of hydrogen-bond acceptors (Lipinski definition) is 4. The predicted octanol–water partition coefficient (Wildman–Crippen LogP) is 3.67. The molecule has 5 rings (SSSR count). The number of benzene rings is 1. The number of aromatic nitrogens is 1. The lowest BCUT2D eigenvalue weighted by Gasteiger charge is -2.35. The third-order valence-electron chi connectivity index (χ3n) is 7.87. The number of piperidine rings is 2. The summed E-state index contributed by atoms with van der Waals surface area (Å²) in [6, 6.07) is 14.6. The highest BCUT2D eigenvalue weighted by Crippen LogP contribution is 2.51. The number of amides is 2. The van der Waals surface area contributed by atoms with E-state index in [4.69, 9.17) is 0 Å². The molecule has 179 valence electrons. The van der Waals surface area contributed by atoms with Crippen molar-refractivity contribution in [3.8, 4) is 0 Å². The zero-order valence-corrected chi connectivity index (χ0v) is 20.5. The van der Waals surface area contributed by atoms with Gasteiger partial charge in [-0.25, -0.2) is 4.98 Å². The number of rotatable bonds is 5. The van der Waals surface area contributed by atoms with Crippen LogP contribution in [0.5, 0.6) is 0 Å². The van der Waals surface area contributed by atoms with Crippen LogP contribution in [0.3, 0.4) is 0 Å². The number of anilines is 1. The Morgan fingerprint density at radius 3 is 2.47 bits per heavy atom. The molecule has 3 heterocycles. The normalized spacial score (nSPS) is 26.2. The molecule has 0 bridgehead atoms. The molecule has 2 saturated heterocycles. The van der Waals surface area contributed by atoms with Crippen molar-refractivity contribution >= 4 is 17.6 Å². The second-order valence-corrected chi connectivity index (χ2v) is 11.1. The molecule has 1 aliphatic carbocycles. The molecule has 6 nitrogen and oxygen atoms in total. The van der Waals surface area contributed by atoms with E-state index in [2.05, 4.69) is 54.2 Å². The van der Waals surface area contributed by atoms with E-state index in [1.165, 1.54) is 5.56 Å². The van der Waals surface area contributed by atoms with Crippen molar-refractivity contribution in [1.82, 2.24) is 15.2 Å². The topological polar surface area (TPSA) is 65.5 Å². The Hall–Kier alpha value is -2.89. The molecule has 2 aromatic rings. The first kappa shape index (κ1) is 22.9. The van der Waals surface area contributed by atoms with E-state index in [1.54, 1.807) is 6.20 Å². The molecule has 3 fully saturated rings. The van der Waals surface area contributed by atoms with Crippen LogP contribution in [0.2, 0.25) is 0 Å². The Morgan fingerprint density at radius 2 is 1.82 bits per heavy atom. The van der Waals surface area contributed by atoms with E-state index in [-0.39, 0.29) is 23.3 Å². The molecule has 6 heteroatoms. The number of hydrogen-bond donors (Lipinski definition) is 1. The zero-order chi connectivity index (χ0) is 23.9. The minimum atomic E-state index is -0.156. The summed E-state index contributed by atoms with van der Waals surface area (Å²) in [6.45, 7) is 9.70. The molecule has 1 N–H and O–H groups in total.